The maximum Gasteiger partial charge on any atom is 0.0643 e. The average molecular weight is 183 g/mol. The van der Waals surface area contributed by atoms with E-state index in [-0.39, 0.29) is 0 Å². The lowest BCUT2D eigenvalue weighted by atomic mass is 9.75. The van der Waals surface area contributed by atoms with Gasteiger partial charge in [-0.15, -0.1) is 0 Å². The molecule has 2 fully saturated rings. The fourth-order valence-corrected chi connectivity index (χ4v) is 2.33. The first-order valence-electron chi connectivity index (χ1n) is 5.60. The van der Waals surface area contributed by atoms with Gasteiger partial charge in [0.15, 0.2) is 0 Å². The summed E-state index contributed by atoms with van der Waals surface area (Å²) >= 11 is 0. The summed E-state index contributed by atoms with van der Waals surface area (Å²) in [6.45, 7) is 5.48. The second-order valence-electron chi connectivity index (χ2n) is 4.99. The first kappa shape index (κ1) is 9.47. The molecule has 2 rings (SSSR count). The average Bonchev–Trinajstić information content (AvgIpc) is 2.02. The summed E-state index contributed by atoms with van der Waals surface area (Å²) in [5.41, 5.74) is 0.577. The van der Waals surface area contributed by atoms with Gasteiger partial charge in [-0.2, -0.15) is 0 Å². The molecule has 0 bridgehead atoms. The Bertz CT molecular complexity index is 159. The molecule has 0 spiro atoms. The van der Waals surface area contributed by atoms with Crippen molar-refractivity contribution in [3.8, 4) is 0 Å². The van der Waals surface area contributed by atoms with Crippen LogP contribution in [0.3, 0.4) is 0 Å². The molecule has 0 amide bonds. The van der Waals surface area contributed by atoms with Crippen LogP contribution in [-0.2, 0) is 4.74 Å². The van der Waals surface area contributed by atoms with Crippen molar-refractivity contribution >= 4 is 0 Å². The Morgan fingerprint density at radius 2 is 1.92 bits per heavy atom. The van der Waals surface area contributed by atoms with Crippen molar-refractivity contribution in [2.24, 2.45) is 5.41 Å². The van der Waals surface area contributed by atoms with Crippen LogP contribution in [0, 0.1) is 5.41 Å². The maximum atomic E-state index is 5.15. The highest BCUT2D eigenvalue weighted by atomic mass is 16.5. The second-order valence-corrected chi connectivity index (χ2v) is 4.99. The predicted molar refractivity (Wildman–Crippen MR) is 53.8 cm³/mol. The third kappa shape index (κ3) is 2.44. The molecule has 1 saturated heterocycles. The number of hydrogen-bond acceptors (Lipinski definition) is 2. The van der Waals surface area contributed by atoms with Crippen molar-refractivity contribution in [3.05, 3.63) is 0 Å². The minimum absolute atomic E-state index is 0.577. The molecule has 1 aliphatic heterocycles. The van der Waals surface area contributed by atoms with Crippen LogP contribution in [-0.4, -0.2) is 25.8 Å². The molecule has 1 saturated carbocycles. The Morgan fingerprint density at radius 1 is 1.23 bits per heavy atom. The van der Waals surface area contributed by atoms with Gasteiger partial charge in [0, 0.05) is 6.54 Å². The number of hydrogen-bond donors (Lipinski definition) is 1. The van der Waals surface area contributed by atoms with Crippen LogP contribution in [0.5, 0.6) is 0 Å². The summed E-state index contributed by atoms with van der Waals surface area (Å²) in [4.78, 5) is 0. The molecule has 2 aliphatic rings. The zero-order valence-corrected chi connectivity index (χ0v) is 8.64. The number of nitrogens with one attached hydrogen (secondary N) is 1. The van der Waals surface area contributed by atoms with Crippen molar-refractivity contribution in [3.63, 3.8) is 0 Å². The van der Waals surface area contributed by atoms with E-state index in [0.717, 1.165) is 13.2 Å². The van der Waals surface area contributed by atoms with E-state index in [1.54, 1.807) is 0 Å². The van der Waals surface area contributed by atoms with Crippen LogP contribution in [0.4, 0.5) is 0 Å². The molecule has 0 unspecified atom stereocenters. The predicted octanol–water partition coefficient (Wildman–Crippen LogP) is 1.95. The van der Waals surface area contributed by atoms with Crippen LogP contribution in [0.15, 0.2) is 0 Å². The molecule has 0 aromatic carbocycles. The van der Waals surface area contributed by atoms with Gasteiger partial charge in [0.25, 0.3) is 0 Å². The van der Waals surface area contributed by atoms with Gasteiger partial charge in [0.2, 0.25) is 0 Å². The Hall–Kier alpha value is -0.0800. The smallest absolute Gasteiger partial charge is 0.0643 e. The van der Waals surface area contributed by atoms with E-state index < -0.39 is 0 Å². The third-order valence-corrected chi connectivity index (χ3v) is 3.52. The third-order valence-electron chi connectivity index (χ3n) is 3.52. The molecule has 2 nitrogen and oxygen atoms in total. The summed E-state index contributed by atoms with van der Waals surface area (Å²) in [7, 11) is 0. The van der Waals surface area contributed by atoms with Gasteiger partial charge in [0.05, 0.1) is 19.3 Å². The van der Waals surface area contributed by atoms with E-state index in [1.807, 2.05) is 0 Å². The molecule has 76 valence electrons. The Balaban J connectivity index is 1.71. The summed E-state index contributed by atoms with van der Waals surface area (Å²) in [5, 5.41) is 3.60. The van der Waals surface area contributed by atoms with Crippen molar-refractivity contribution in [1.82, 2.24) is 5.32 Å². The van der Waals surface area contributed by atoms with Crippen LogP contribution in [0.25, 0.3) is 0 Å². The van der Waals surface area contributed by atoms with E-state index in [4.69, 9.17) is 4.74 Å². The summed E-state index contributed by atoms with van der Waals surface area (Å²) in [5.74, 6) is 0. The van der Waals surface area contributed by atoms with Crippen LogP contribution in [0.2, 0.25) is 0 Å². The normalized spacial score (nSPS) is 28.4. The van der Waals surface area contributed by atoms with Gasteiger partial charge in [-0.25, -0.2) is 0 Å². The molecule has 1 heterocycles. The van der Waals surface area contributed by atoms with Crippen LogP contribution >= 0.6 is 0 Å². The summed E-state index contributed by atoms with van der Waals surface area (Å²) in [6, 6.07) is 0.652. The Kier molecular flexibility index (Phi) is 2.89. The zero-order chi connectivity index (χ0) is 9.15. The van der Waals surface area contributed by atoms with Crippen molar-refractivity contribution in [2.45, 2.75) is 45.1 Å². The van der Waals surface area contributed by atoms with E-state index >= 15 is 0 Å². The zero-order valence-electron chi connectivity index (χ0n) is 8.64. The molecule has 2 heteroatoms. The maximum absolute atomic E-state index is 5.15. The second kappa shape index (κ2) is 3.97. The quantitative estimate of drug-likeness (QED) is 0.722. The number of ether oxygens (including phenoxy) is 1. The Morgan fingerprint density at radius 3 is 2.46 bits per heavy atom. The molecule has 13 heavy (non-hydrogen) atoms. The van der Waals surface area contributed by atoms with Crippen LogP contribution < -0.4 is 5.32 Å². The van der Waals surface area contributed by atoms with Gasteiger partial charge in [-0.1, -0.05) is 26.2 Å². The topological polar surface area (TPSA) is 21.3 Å². The molecule has 0 aromatic rings. The minimum Gasteiger partial charge on any atom is -0.378 e. The monoisotopic (exact) mass is 183 g/mol. The van der Waals surface area contributed by atoms with Gasteiger partial charge in [-0.05, 0) is 18.3 Å². The van der Waals surface area contributed by atoms with E-state index in [9.17, 15) is 0 Å². The highest BCUT2D eigenvalue weighted by molar-refractivity contribution is 4.83. The molecule has 0 aromatic heterocycles. The lowest BCUT2D eigenvalue weighted by molar-refractivity contribution is -0.0106. The lowest BCUT2D eigenvalue weighted by Gasteiger charge is -2.37. The minimum atomic E-state index is 0.577. The van der Waals surface area contributed by atoms with Crippen molar-refractivity contribution in [2.75, 3.05) is 19.8 Å². The van der Waals surface area contributed by atoms with E-state index in [2.05, 4.69) is 12.2 Å². The van der Waals surface area contributed by atoms with Crippen molar-refractivity contribution in [1.29, 1.82) is 0 Å². The molecule has 0 radical (unpaired) electrons. The molecular formula is C11H21NO. The van der Waals surface area contributed by atoms with Gasteiger partial charge < -0.3 is 10.1 Å². The fourth-order valence-electron chi connectivity index (χ4n) is 2.33. The summed E-state index contributed by atoms with van der Waals surface area (Å²) in [6.07, 6.45) is 7.13. The SMILES string of the molecule is CC1(CNC2COC2)CCCCC1. The van der Waals surface area contributed by atoms with Gasteiger partial charge in [-0.3, -0.25) is 0 Å². The first-order valence-corrected chi connectivity index (χ1v) is 5.60. The van der Waals surface area contributed by atoms with Gasteiger partial charge in [0.1, 0.15) is 0 Å². The van der Waals surface area contributed by atoms with E-state index in [1.165, 1.54) is 38.6 Å². The fraction of sp³-hybridized carbons (Fsp3) is 1.00. The number of rotatable bonds is 3. The van der Waals surface area contributed by atoms with Crippen molar-refractivity contribution < 1.29 is 4.74 Å². The highest BCUT2D eigenvalue weighted by Crippen LogP contribution is 2.35. The largest absolute Gasteiger partial charge is 0.378 e. The lowest BCUT2D eigenvalue weighted by Crippen LogP contribution is -2.49. The van der Waals surface area contributed by atoms with Crippen LogP contribution in [0.1, 0.15) is 39.0 Å². The molecular weight excluding hydrogens is 162 g/mol. The molecule has 1 aliphatic carbocycles. The Labute approximate surface area is 81.0 Å². The summed E-state index contributed by atoms with van der Waals surface area (Å²) < 4.78 is 5.15. The molecule has 0 atom stereocenters. The standard InChI is InChI=1S/C11H21NO/c1-11(5-3-2-4-6-11)9-12-10-7-13-8-10/h10,12H,2-9H2,1H3. The van der Waals surface area contributed by atoms with Gasteiger partial charge >= 0.3 is 0 Å². The first-order chi connectivity index (χ1) is 6.29. The highest BCUT2D eigenvalue weighted by Gasteiger charge is 2.28. The van der Waals surface area contributed by atoms with E-state index in [0.29, 0.717) is 11.5 Å². The molecule has 1 N–H and O–H groups in total.